The predicted octanol–water partition coefficient (Wildman–Crippen LogP) is 4.15. The summed E-state index contributed by atoms with van der Waals surface area (Å²) in [6, 6.07) is 5.42. The molecule has 4 heteroatoms. The average molecular weight is 280 g/mol. The van der Waals surface area contributed by atoms with E-state index in [1.165, 1.54) is 4.88 Å². The van der Waals surface area contributed by atoms with E-state index in [4.69, 9.17) is 11.6 Å². The van der Waals surface area contributed by atoms with Crippen LogP contribution in [-0.4, -0.2) is 10.8 Å². The van der Waals surface area contributed by atoms with Gasteiger partial charge in [0.1, 0.15) is 5.01 Å². The Labute approximate surface area is 116 Å². The Morgan fingerprint density at radius 1 is 1.28 bits per heavy atom. The number of carbonyl (C=O) groups excluding carboxylic acids is 1. The lowest BCUT2D eigenvalue weighted by atomic mass is 10.1. The van der Waals surface area contributed by atoms with Gasteiger partial charge in [0.05, 0.1) is 12.1 Å². The highest BCUT2D eigenvalue weighted by Crippen LogP contribution is 2.20. The second-order valence-electron chi connectivity index (χ2n) is 4.37. The predicted molar refractivity (Wildman–Crippen MR) is 75.8 cm³/mol. The molecule has 0 N–H and O–H groups in total. The molecule has 0 amide bonds. The van der Waals surface area contributed by atoms with Crippen LogP contribution in [-0.2, 0) is 6.42 Å². The Bertz CT molecular complexity index is 564. The lowest BCUT2D eigenvalue weighted by Gasteiger charge is -2.02. The van der Waals surface area contributed by atoms with Crippen LogP contribution in [0.25, 0.3) is 0 Å². The number of halogens is 1. The average Bonchev–Trinajstić information content (AvgIpc) is 2.56. The SMILES string of the molecule is Cc1cc(Cl)cc(C(=O)Cc2nc(C)c(C)s2)c1. The van der Waals surface area contributed by atoms with Gasteiger partial charge in [0, 0.05) is 15.5 Å². The molecule has 0 atom stereocenters. The normalized spacial score (nSPS) is 10.7. The zero-order chi connectivity index (χ0) is 13.3. The highest BCUT2D eigenvalue weighted by Gasteiger charge is 2.12. The van der Waals surface area contributed by atoms with Crippen molar-refractivity contribution < 1.29 is 4.79 Å². The van der Waals surface area contributed by atoms with Gasteiger partial charge in [-0.15, -0.1) is 11.3 Å². The van der Waals surface area contributed by atoms with Crippen molar-refractivity contribution in [1.29, 1.82) is 0 Å². The van der Waals surface area contributed by atoms with E-state index < -0.39 is 0 Å². The van der Waals surface area contributed by atoms with Crippen LogP contribution in [0.3, 0.4) is 0 Å². The number of Topliss-reactive ketones (excluding diaryl/α,β-unsaturated/α-hetero) is 1. The molecule has 94 valence electrons. The molecule has 0 fully saturated rings. The maximum atomic E-state index is 12.1. The summed E-state index contributed by atoms with van der Waals surface area (Å²) in [4.78, 5) is 17.7. The standard InChI is InChI=1S/C14H14ClNOS/c1-8-4-11(6-12(15)5-8)13(17)7-14-16-9(2)10(3)18-14/h4-6H,7H2,1-3H3. The Balaban J connectivity index is 2.21. The largest absolute Gasteiger partial charge is 0.294 e. The number of carbonyl (C=O) groups is 1. The maximum absolute atomic E-state index is 12.1. The Kier molecular flexibility index (Phi) is 3.83. The summed E-state index contributed by atoms with van der Waals surface area (Å²) in [6.07, 6.45) is 0.346. The monoisotopic (exact) mass is 279 g/mol. The summed E-state index contributed by atoms with van der Waals surface area (Å²) in [5.74, 6) is 0.0642. The van der Waals surface area contributed by atoms with Crippen LogP contribution < -0.4 is 0 Å². The molecule has 0 saturated carbocycles. The Morgan fingerprint density at radius 2 is 2.00 bits per heavy atom. The van der Waals surface area contributed by atoms with E-state index in [0.29, 0.717) is 17.0 Å². The molecule has 0 unspecified atom stereocenters. The third-order valence-corrected chi connectivity index (χ3v) is 4.04. The van der Waals surface area contributed by atoms with Gasteiger partial charge in [-0.3, -0.25) is 4.79 Å². The summed E-state index contributed by atoms with van der Waals surface area (Å²) < 4.78 is 0. The highest BCUT2D eigenvalue weighted by atomic mass is 35.5. The zero-order valence-electron chi connectivity index (χ0n) is 10.6. The summed E-state index contributed by atoms with van der Waals surface area (Å²) in [5.41, 5.74) is 2.66. The van der Waals surface area contributed by atoms with E-state index in [2.05, 4.69) is 4.98 Å². The van der Waals surface area contributed by atoms with Gasteiger partial charge in [0.15, 0.2) is 5.78 Å². The van der Waals surface area contributed by atoms with Crippen molar-refractivity contribution in [2.45, 2.75) is 27.2 Å². The van der Waals surface area contributed by atoms with Crippen LogP contribution in [0.2, 0.25) is 5.02 Å². The Hall–Kier alpha value is -1.19. The second-order valence-corrected chi connectivity index (χ2v) is 6.09. The van der Waals surface area contributed by atoms with Crippen molar-refractivity contribution in [3.05, 3.63) is 49.9 Å². The van der Waals surface area contributed by atoms with E-state index in [1.807, 2.05) is 32.9 Å². The van der Waals surface area contributed by atoms with Gasteiger partial charge in [-0.1, -0.05) is 11.6 Å². The van der Waals surface area contributed by atoms with Crippen molar-refractivity contribution in [2.75, 3.05) is 0 Å². The second kappa shape index (κ2) is 5.21. The van der Waals surface area contributed by atoms with Crippen LogP contribution >= 0.6 is 22.9 Å². The first kappa shape index (κ1) is 13.2. The lowest BCUT2D eigenvalue weighted by molar-refractivity contribution is 0.0993. The van der Waals surface area contributed by atoms with Gasteiger partial charge in [0.2, 0.25) is 0 Å². The summed E-state index contributed by atoms with van der Waals surface area (Å²) in [6.45, 7) is 5.91. The van der Waals surface area contributed by atoms with Crippen LogP contribution in [0.15, 0.2) is 18.2 Å². The number of rotatable bonds is 3. The fourth-order valence-corrected chi connectivity index (χ4v) is 2.97. The molecule has 0 aliphatic carbocycles. The Morgan fingerprint density at radius 3 is 2.56 bits per heavy atom. The summed E-state index contributed by atoms with van der Waals surface area (Å²) in [7, 11) is 0. The maximum Gasteiger partial charge on any atom is 0.169 e. The quantitative estimate of drug-likeness (QED) is 0.790. The third kappa shape index (κ3) is 2.98. The van der Waals surface area contributed by atoms with Gasteiger partial charge in [-0.05, 0) is 44.5 Å². The summed E-state index contributed by atoms with van der Waals surface area (Å²) >= 11 is 7.54. The van der Waals surface area contributed by atoms with Crippen molar-refractivity contribution in [2.24, 2.45) is 0 Å². The van der Waals surface area contributed by atoms with Gasteiger partial charge in [0.25, 0.3) is 0 Å². The van der Waals surface area contributed by atoms with Gasteiger partial charge in [-0.25, -0.2) is 4.98 Å². The first-order valence-corrected chi connectivity index (χ1v) is 6.88. The molecule has 0 aliphatic rings. The molecule has 0 radical (unpaired) electrons. The number of nitrogens with zero attached hydrogens (tertiary/aromatic N) is 1. The molecule has 1 heterocycles. The van der Waals surface area contributed by atoms with E-state index in [0.717, 1.165) is 16.3 Å². The first-order chi connectivity index (χ1) is 8.45. The number of thiazole rings is 1. The topological polar surface area (TPSA) is 30.0 Å². The number of ketones is 1. The number of hydrogen-bond donors (Lipinski definition) is 0. The molecular formula is C14H14ClNOS. The summed E-state index contributed by atoms with van der Waals surface area (Å²) in [5, 5.41) is 1.47. The van der Waals surface area contributed by atoms with Crippen molar-refractivity contribution >= 4 is 28.7 Å². The van der Waals surface area contributed by atoms with Crippen molar-refractivity contribution in [3.8, 4) is 0 Å². The number of aryl methyl sites for hydroxylation is 3. The molecule has 0 spiro atoms. The van der Waals surface area contributed by atoms with Crippen LogP contribution in [0.1, 0.15) is 31.5 Å². The van der Waals surface area contributed by atoms with E-state index in [9.17, 15) is 4.79 Å². The number of hydrogen-bond acceptors (Lipinski definition) is 3. The lowest BCUT2D eigenvalue weighted by Crippen LogP contribution is -2.03. The highest BCUT2D eigenvalue weighted by molar-refractivity contribution is 7.11. The van der Waals surface area contributed by atoms with Gasteiger partial charge >= 0.3 is 0 Å². The molecule has 0 aliphatic heterocycles. The molecule has 2 rings (SSSR count). The van der Waals surface area contributed by atoms with Crippen LogP contribution in [0, 0.1) is 20.8 Å². The smallest absolute Gasteiger partial charge is 0.169 e. The van der Waals surface area contributed by atoms with Crippen molar-refractivity contribution in [3.63, 3.8) is 0 Å². The molecule has 2 nitrogen and oxygen atoms in total. The molecule has 0 saturated heterocycles. The van der Waals surface area contributed by atoms with E-state index >= 15 is 0 Å². The van der Waals surface area contributed by atoms with Gasteiger partial charge < -0.3 is 0 Å². The minimum absolute atomic E-state index is 0.0642. The molecule has 18 heavy (non-hydrogen) atoms. The molecule has 0 bridgehead atoms. The number of benzene rings is 1. The fourth-order valence-electron chi connectivity index (χ4n) is 1.75. The molecular weight excluding hydrogens is 266 g/mol. The van der Waals surface area contributed by atoms with Crippen molar-refractivity contribution in [1.82, 2.24) is 4.98 Å². The van der Waals surface area contributed by atoms with E-state index in [-0.39, 0.29) is 5.78 Å². The van der Waals surface area contributed by atoms with Crippen LogP contribution in [0.4, 0.5) is 0 Å². The molecule has 1 aromatic carbocycles. The minimum Gasteiger partial charge on any atom is -0.294 e. The van der Waals surface area contributed by atoms with E-state index in [1.54, 1.807) is 17.4 Å². The van der Waals surface area contributed by atoms with Gasteiger partial charge in [-0.2, -0.15) is 0 Å². The minimum atomic E-state index is 0.0642. The first-order valence-electron chi connectivity index (χ1n) is 5.69. The third-order valence-electron chi connectivity index (χ3n) is 2.75. The molecule has 2 aromatic rings. The molecule has 1 aromatic heterocycles. The van der Waals surface area contributed by atoms with Crippen LogP contribution in [0.5, 0.6) is 0 Å². The fraction of sp³-hybridized carbons (Fsp3) is 0.286. The number of aromatic nitrogens is 1. The zero-order valence-corrected chi connectivity index (χ0v) is 12.2.